The Bertz CT molecular complexity index is 1120. The van der Waals surface area contributed by atoms with E-state index in [0.717, 1.165) is 43.6 Å². The molecule has 1 saturated heterocycles. The number of sulfone groups is 1. The highest BCUT2D eigenvalue weighted by molar-refractivity contribution is 7.91. The third-order valence-corrected chi connectivity index (χ3v) is 6.64. The molecule has 3 aromatic rings. The van der Waals surface area contributed by atoms with Gasteiger partial charge in [-0.15, -0.1) is 0 Å². The molecular weight excluding hydrogens is 400 g/mol. The number of nitrogens with one attached hydrogen (secondary N) is 1. The van der Waals surface area contributed by atoms with E-state index in [1.54, 1.807) is 24.3 Å². The number of rotatable bonds is 6. The van der Waals surface area contributed by atoms with Gasteiger partial charge < -0.3 is 9.32 Å². The smallest absolute Gasteiger partial charge is 0.243 e. The van der Waals surface area contributed by atoms with Gasteiger partial charge in [0, 0.05) is 13.1 Å². The summed E-state index contributed by atoms with van der Waals surface area (Å²) in [6, 6.07) is 16.2. The number of aryl methyl sites for hydroxylation is 1. The zero-order chi connectivity index (χ0) is 21.0. The van der Waals surface area contributed by atoms with E-state index < -0.39 is 9.84 Å². The van der Waals surface area contributed by atoms with Gasteiger partial charge in [0.2, 0.25) is 26.6 Å². The fourth-order valence-corrected chi connectivity index (χ4v) is 4.67. The summed E-state index contributed by atoms with van der Waals surface area (Å²) in [6.07, 6.45) is 4.50. The molecule has 4 rings (SSSR count). The van der Waals surface area contributed by atoms with Crippen LogP contribution >= 0.6 is 0 Å². The highest BCUT2D eigenvalue weighted by Crippen LogP contribution is 2.32. The molecule has 0 bridgehead atoms. The van der Waals surface area contributed by atoms with Crippen molar-refractivity contribution in [3.05, 3.63) is 66.1 Å². The largest absolute Gasteiger partial charge is 0.418 e. The first kappa shape index (κ1) is 20.2. The molecule has 0 atom stereocenters. The van der Waals surface area contributed by atoms with Gasteiger partial charge in [0.1, 0.15) is 6.21 Å². The van der Waals surface area contributed by atoms with Crippen molar-refractivity contribution in [1.29, 1.82) is 0 Å². The number of anilines is 2. The van der Waals surface area contributed by atoms with Gasteiger partial charge in [0.05, 0.1) is 10.6 Å². The lowest BCUT2D eigenvalue weighted by Gasteiger charge is -2.26. The molecular formula is C22H24N4O3S. The van der Waals surface area contributed by atoms with Crippen molar-refractivity contribution >= 4 is 27.6 Å². The van der Waals surface area contributed by atoms with Crippen molar-refractivity contribution in [3.8, 4) is 0 Å². The van der Waals surface area contributed by atoms with Crippen LogP contribution in [0.2, 0.25) is 0 Å². The first-order valence-corrected chi connectivity index (χ1v) is 11.4. The van der Waals surface area contributed by atoms with Crippen molar-refractivity contribution in [1.82, 2.24) is 4.98 Å². The van der Waals surface area contributed by atoms with Gasteiger partial charge in [-0.3, -0.25) is 5.43 Å². The molecule has 8 heteroatoms. The molecule has 156 valence electrons. The van der Waals surface area contributed by atoms with E-state index in [0.29, 0.717) is 0 Å². The standard InChI is InChI=1S/C22H24N4O3S/c1-17-10-12-19(13-11-17)30(27,28)21-22(26-14-6-3-7-15-26)29-20(24-21)16-23-25-18-8-4-2-5-9-18/h2,4-5,8-13,16,25H,3,6-7,14-15H2,1H3/b23-16+. The number of aromatic nitrogens is 1. The molecule has 1 aliphatic rings. The Morgan fingerprint density at radius 2 is 1.73 bits per heavy atom. The molecule has 1 aromatic heterocycles. The fourth-order valence-electron chi connectivity index (χ4n) is 3.34. The maximum absolute atomic E-state index is 13.3. The summed E-state index contributed by atoms with van der Waals surface area (Å²) >= 11 is 0. The minimum absolute atomic E-state index is 0.0607. The summed E-state index contributed by atoms with van der Waals surface area (Å²) in [4.78, 5) is 6.46. The summed E-state index contributed by atoms with van der Waals surface area (Å²) in [6.45, 7) is 3.40. The zero-order valence-electron chi connectivity index (χ0n) is 16.8. The molecule has 1 aliphatic heterocycles. The van der Waals surface area contributed by atoms with E-state index in [1.807, 2.05) is 42.2 Å². The first-order valence-electron chi connectivity index (χ1n) is 9.96. The zero-order valence-corrected chi connectivity index (χ0v) is 17.6. The molecule has 2 heterocycles. The third kappa shape index (κ3) is 4.38. The topological polar surface area (TPSA) is 87.8 Å². The number of benzene rings is 2. The van der Waals surface area contributed by atoms with E-state index in [9.17, 15) is 8.42 Å². The van der Waals surface area contributed by atoms with Crippen LogP contribution in [0.15, 0.2) is 74.0 Å². The second-order valence-electron chi connectivity index (χ2n) is 7.26. The summed E-state index contributed by atoms with van der Waals surface area (Å²) in [5.41, 5.74) is 4.68. The predicted octanol–water partition coefficient (Wildman–Crippen LogP) is 4.25. The lowest BCUT2D eigenvalue weighted by molar-refractivity contribution is 0.489. The average Bonchev–Trinajstić information content (AvgIpc) is 3.21. The molecule has 0 aliphatic carbocycles. The SMILES string of the molecule is Cc1ccc(S(=O)(=O)c2nc(/C=N/Nc3ccccc3)oc2N2CCCCC2)cc1. The maximum Gasteiger partial charge on any atom is 0.243 e. The van der Waals surface area contributed by atoms with Crippen molar-refractivity contribution in [2.24, 2.45) is 5.10 Å². The Hall–Kier alpha value is -3.13. The Balaban J connectivity index is 1.68. The van der Waals surface area contributed by atoms with Gasteiger partial charge in [-0.2, -0.15) is 10.1 Å². The van der Waals surface area contributed by atoms with Gasteiger partial charge in [-0.1, -0.05) is 35.9 Å². The van der Waals surface area contributed by atoms with Crippen LogP contribution < -0.4 is 10.3 Å². The lowest BCUT2D eigenvalue weighted by Crippen LogP contribution is -2.30. The molecule has 1 fully saturated rings. The molecule has 0 amide bonds. The second kappa shape index (κ2) is 8.71. The Morgan fingerprint density at radius 1 is 1.03 bits per heavy atom. The summed E-state index contributed by atoms with van der Waals surface area (Å²) in [5.74, 6) is 0.432. The van der Waals surface area contributed by atoms with Gasteiger partial charge in [-0.25, -0.2) is 8.42 Å². The quantitative estimate of drug-likeness (QED) is 0.470. The van der Waals surface area contributed by atoms with E-state index in [4.69, 9.17) is 4.42 Å². The van der Waals surface area contributed by atoms with Gasteiger partial charge in [0.15, 0.2) is 0 Å². The third-order valence-electron chi connectivity index (χ3n) is 4.97. The van der Waals surface area contributed by atoms with Gasteiger partial charge in [-0.05, 0) is 50.5 Å². The summed E-state index contributed by atoms with van der Waals surface area (Å²) in [5, 5.41) is 4.07. The van der Waals surface area contributed by atoms with Crippen LogP contribution in [-0.2, 0) is 9.84 Å². The van der Waals surface area contributed by atoms with Gasteiger partial charge >= 0.3 is 0 Å². The Morgan fingerprint density at radius 3 is 2.43 bits per heavy atom. The highest BCUT2D eigenvalue weighted by Gasteiger charge is 2.31. The minimum atomic E-state index is -3.82. The van der Waals surface area contributed by atoms with E-state index in [2.05, 4.69) is 15.5 Å². The number of nitrogens with zero attached hydrogens (tertiary/aromatic N) is 3. The van der Waals surface area contributed by atoms with E-state index in [-0.39, 0.29) is 21.7 Å². The molecule has 0 radical (unpaired) electrons. The molecule has 0 unspecified atom stereocenters. The first-order chi connectivity index (χ1) is 14.5. The average molecular weight is 425 g/mol. The van der Waals surface area contributed by atoms with Gasteiger partial charge in [0.25, 0.3) is 0 Å². The molecule has 2 aromatic carbocycles. The van der Waals surface area contributed by atoms with Crippen molar-refractivity contribution in [2.45, 2.75) is 36.1 Å². The van der Waals surface area contributed by atoms with Crippen LogP contribution in [0.5, 0.6) is 0 Å². The normalized spacial score (nSPS) is 14.9. The Labute approximate surface area is 176 Å². The minimum Gasteiger partial charge on any atom is -0.418 e. The predicted molar refractivity (Wildman–Crippen MR) is 117 cm³/mol. The van der Waals surface area contributed by atoms with Crippen LogP contribution in [0.3, 0.4) is 0 Å². The van der Waals surface area contributed by atoms with Crippen LogP contribution in [-0.4, -0.2) is 32.7 Å². The monoisotopic (exact) mass is 424 g/mol. The van der Waals surface area contributed by atoms with Crippen molar-refractivity contribution < 1.29 is 12.8 Å². The van der Waals surface area contributed by atoms with Crippen molar-refractivity contribution in [3.63, 3.8) is 0 Å². The summed E-state index contributed by atoms with van der Waals surface area (Å²) < 4.78 is 32.5. The number of hydrogen-bond donors (Lipinski definition) is 1. The molecule has 7 nitrogen and oxygen atoms in total. The Kier molecular flexibility index (Phi) is 5.85. The van der Waals surface area contributed by atoms with E-state index >= 15 is 0 Å². The lowest BCUT2D eigenvalue weighted by atomic mass is 10.1. The number of para-hydroxylation sites is 1. The van der Waals surface area contributed by atoms with Crippen molar-refractivity contribution in [2.75, 3.05) is 23.4 Å². The molecule has 0 saturated carbocycles. The van der Waals surface area contributed by atoms with Crippen LogP contribution in [0.4, 0.5) is 11.6 Å². The highest BCUT2D eigenvalue weighted by atomic mass is 32.2. The fraction of sp³-hybridized carbons (Fsp3) is 0.273. The van der Waals surface area contributed by atoms with Crippen LogP contribution in [0.25, 0.3) is 0 Å². The van der Waals surface area contributed by atoms with Crippen LogP contribution in [0.1, 0.15) is 30.7 Å². The number of hydrazone groups is 1. The molecule has 30 heavy (non-hydrogen) atoms. The molecule has 1 N–H and O–H groups in total. The van der Waals surface area contributed by atoms with E-state index in [1.165, 1.54) is 6.21 Å². The number of hydrogen-bond acceptors (Lipinski definition) is 7. The second-order valence-corrected chi connectivity index (χ2v) is 9.13. The number of oxazole rings is 1. The maximum atomic E-state index is 13.3. The van der Waals surface area contributed by atoms with Crippen LogP contribution in [0, 0.1) is 6.92 Å². The molecule has 0 spiro atoms. The summed E-state index contributed by atoms with van der Waals surface area (Å²) in [7, 11) is -3.82. The number of piperidine rings is 1.